The quantitative estimate of drug-likeness (QED) is 0.750. The molecule has 1 aromatic carbocycles. The van der Waals surface area contributed by atoms with Gasteiger partial charge in [0.15, 0.2) is 0 Å². The van der Waals surface area contributed by atoms with Crippen LogP contribution in [0.15, 0.2) is 23.1 Å². The van der Waals surface area contributed by atoms with Gasteiger partial charge in [0.25, 0.3) is 0 Å². The standard InChI is InChI=1S/C15H25NO3S/c1-5-7-10-19-15-9-8-14(11-12(15)3)20(17,18)16-13(4)6-2/h8-9,11,13,16H,5-7,10H2,1-4H3/t13-/m0/s1. The molecule has 0 radical (unpaired) electrons. The van der Waals surface area contributed by atoms with E-state index in [0.29, 0.717) is 6.61 Å². The van der Waals surface area contributed by atoms with Gasteiger partial charge in [-0.15, -0.1) is 0 Å². The molecule has 1 N–H and O–H groups in total. The van der Waals surface area contributed by atoms with Crippen molar-refractivity contribution in [1.82, 2.24) is 4.72 Å². The molecule has 1 aromatic rings. The van der Waals surface area contributed by atoms with Crippen molar-refractivity contribution in [2.24, 2.45) is 0 Å². The average Bonchev–Trinajstić information content (AvgIpc) is 2.40. The molecular weight excluding hydrogens is 274 g/mol. The second-order valence-corrected chi connectivity index (χ2v) is 6.77. The first-order chi connectivity index (χ1) is 9.40. The molecule has 0 fully saturated rings. The van der Waals surface area contributed by atoms with Gasteiger partial charge >= 0.3 is 0 Å². The van der Waals surface area contributed by atoms with E-state index in [4.69, 9.17) is 4.74 Å². The SMILES string of the molecule is CCCCOc1ccc(S(=O)(=O)N[C@@H](C)CC)cc1C. The van der Waals surface area contributed by atoms with Crippen LogP contribution in [0.2, 0.25) is 0 Å². The van der Waals surface area contributed by atoms with E-state index in [9.17, 15) is 8.42 Å². The lowest BCUT2D eigenvalue weighted by Gasteiger charge is -2.14. The first-order valence-corrected chi connectivity index (χ1v) is 8.64. The van der Waals surface area contributed by atoms with Gasteiger partial charge in [-0.3, -0.25) is 0 Å². The van der Waals surface area contributed by atoms with Crippen LogP contribution in [0.25, 0.3) is 0 Å². The van der Waals surface area contributed by atoms with Gasteiger partial charge < -0.3 is 4.74 Å². The summed E-state index contributed by atoms with van der Waals surface area (Å²) >= 11 is 0. The highest BCUT2D eigenvalue weighted by molar-refractivity contribution is 7.89. The number of hydrogen-bond donors (Lipinski definition) is 1. The predicted molar refractivity (Wildman–Crippen MR) is 81.7 cm³/mol. The molecule has 0 spiro atoms. The fraction of sp³-hybridized carbons (Fsp3) is 0.600. The summed E-state index contributed by atoms with van der Waals surface area (Å²) < 4.78 is 32.6. The van der Waals surface area contributed by atoms with Crippen molar-refractivity contribution in [2.45, 2.75) is 57.9 Å². The van der Waals surface area contributed by atoms with Crippen molar-refractivity contribution in [1.29, 1.82) is 0 Å². The minimum Gasteiger partial charge on any atom is -0.493 e. The zero-order chi connectivity index (χ0) is 15.2. The Morgan fingerprint density at radius 2 is 2.00 bits per heavy atom. The van der Waals surface area contributed by atoms with E-state index >= 15 is 0 Å². The summed E-state index contributed by atoms with van der Waals surface area (Å²) in [5.74, 6) is 0.751. The molecule has 0 saturated heterocycles. The molecule has 0 heterocycles. The Labute approximate surface area is 122 Å². The largest absolute Gasteiger partial charge is 0.493 e. The summed E-state index contributed by atoms with van der Waals surface area (Å²) in [5.41, 5.74) is 0.841. The molecule has 5 heteroatoms. The maximum Gasteiger partial charge on any atom is 0.240 e. The maximum atomic E-state index is 12.2. The van der Waals surface area contributed by atoms with E-state index in [1.807, 2.05) is 20.8 Å². The van der Waals surface area contributed by atoms with Gasteiger partial charge in [-0.25, -0.2) is 13.1 Å². The van der Waals surface area contributed by atoms with Crippen LogP contribution in [0.1, 0.15) is 45.6 Å². The fourth-order valence-electron chi connectivity index (χ4n) is 1.69. The highest BCUT2D eigenvalue weighted by atomic mass is 32.2. The smallest absolute Gasteiger partial charge is 0.240 e. The predicted octanol–water partition coefficient (Wildman–Crippen LogP) is 3.25. The number of aryl methyl sites for hydroxylation is 1. The Morgan fingerprint density at radius 1 is 1.30 bits per heavy atom. The molecule has 0 aliphatic rings. The normalized spacial score (nSPS) is 13.2. The van der Waals surface area contributed by atoms with Crippen molar-refractivity contribution in [3.63, 3.8) is 0 Å². The molecule has 0 aliphatic heterocycles. The highest BCUT2D eigenvalue weighted by Crippen LogP contribution is 2.22. The van der Waals surface area contributed by atoms with Gasteiger partial charge in [0.2, 0.25) is 10.0 Å². The monoisotopic (exact) mass is 299 g/mol. The van der Waals surface area contributed by atoms with Crippen LogP contribution in [0.5, 0.6) is 5.75 Å². The van der Waals surface area contributed by atoms with Crippen LogP contribution in [0.3, 0.4) is 0 Å². The summed E-state index contributed by atoms with van der Waals surface area (Å²) in [6.45, 7) is 8.43. The van der Waals surface area contributed by atoms with Crippen molar-refractivity contribution in [3.05, 3.63) is 23.8 Å². The van der Waals surface area contributed by atoms with Crippen LogP contribution in [-0.2, 0) is 10.0 Å². The molecule has 0 aromatic heterocycles. The Kier molecular flexibility index (Phi) is 6.49. The number of hydrogen-bond acceptors (Lipinski definition) is 3. The Balaban J connectivity index is 2.86. The van der Waals surface area contributed by atoms with Gasteiger partial charge in [0.05, 0.1) is 11.5 Å². The van der Waals surface area contributed by atoms with Gasteiger partial charge in [-0.2, -0.15) is 0 Å². The highest BCUT2D eigenvalue weighted by Gasteiger charge is 2.17. The summed E-state index contributed by atoms with van der Waals surface area (Å²) in [5, 5.41) is 0. The molecule has 1 atom stereocenters. The third kappa shape index (κ3) is 4.80. The zero-order valence-corrected chi connectivity index (χ0v) is 13.6. The van der Waals surface area contributed by atoms with Crippen molar-refractivity contribution in [3.8, 4) is 5.75 Å². The van der Waals surface area contributed by atoms with E-state index in [1.54, 1.807) is 18.2 Å². The molecule has 0 amide bonds. The van der Waals surface area contributed by atoms with E-state index in [0.717, 1.165) is 30.6 Å². The summed E-state index contributed by atoms with van der Waals surface area (Å²) in [7, 11) is -3.44. The van der Waals surface area contributed by atoms with Crippen LogP contribution < -0.4 is 9.46 Å². The minimum absolute atomic E-state index is 0.0687. The Bertz CT molecular complexity index is 526. The van der Waals surface area contributed by atoms with Crippen molar-refractivity contribution in [2.75, 3.05) is 6.61 Å². The molecule has 1 rings (SSSR count). The van der Waals surface area contributed by atoms with Gasteiger partial charge in [-0.1, -0.05) is 20.3 Å². The van der Waals surface area contributed by atoms with Gasteiger partial charge in [0, 0.05) is 6.04 Å². The van der Waals surface area contributed by atoms with Crippen LogP contribution >= 0.6 is 0 Å². The van der Waals surface area contributed by atoms with Crippen molar-refractivity contribution >= 4 is 10.0 Å². The average molecular weight is 299 g/mol. The Morgan fingerprint density at radius 3 is 2.55 bits per heavy atom. The number of nitrogens with one attached hydrogen (secondary N) is 1. The van der Waals surface area contributed by atoms with Gasteiger partial charge in [0.1, 0.15) is 5.75 Å². The first kappa shape index (κ1) is 17.0. The minimum atomic E-state index is -3.44. The number of benzene rings is 1. The Hall–Kier alpha value is -1.07. The van der Waals surface area contributed by atoms with Crippen molar-refractivity contribution < 1.29 is 13.2 Å². The van der Waals surface area contributed by atoms with E-state index in [1.165, 1.54) is 0 Å². The van der Waals surface area contributed by atoms with Crippen LogP contribution in [0, 0.1) is 6.92 Å². The number of sulfonamides is 1. The summed E-state index contributed by atoms with van der Waals surface area (Å²) in [6.07, 6.45) is 2.83. The fourth-order valence-corrected chi connectivity index (χ4v) is 3.11. The van der Waals surface area contributed by atoms with Crippen LogP contribution in [-0.4, -0.2) is 21.1 Å². The van der Waals surface area contributed by atoms with E-state index < -0.39 is 10.0 Å². The molecule has 114 valence electrons. The molecule has 0 aliphatic carbocycles. The molecule has 4 nitrogen and oxygen atoms in total. The van der Waals surface area contributed by atoms with Gasteiger partial charge in [-0.05, 0) is 50.5 Å². The second-order valence-electron chi connectivity index (χ2n) is 5.06. The lowest BCUT2D eigenvalue weighted by molar-refractivity contribution is 0.307. The summed E-state index contributed by atoms with van der Waals surface area (Å²) in [6, 6.07) is 4.92. The third-order valence-electron chi connectivity index (χ3n) is 3.18. The molecular formula is C15H25NO3S. The van der Waals surface area contributed by atoms with Crippen LogP contribution in [0.4, 0.5) is 0 Å². The zero-order valence-electron chi connectivity index (χ0n) is 12.8. The summed E-state index contributed by atoms with van der Waals surface area (Å²) in [4.78, 5) is 0.290. The topological polar surface area (TPSA) is 55.4 Å². The number of ether oxygens (including phenoxy) is 1. The number of unbranched alkanes of at least 4 members (excludes halogenated alkanes) is 1. The first-order valence-electron chi connectivity index (χ1n) is 7.16. The third-order valence-corrected chi connectivity index (χ3v) is 4.77. The lowest BCUT2D eigenvalue weighted by atomic mass is 10.2. The molecule has 0 unspecified atom stereocenters. The molecule has 20 heavy (non-hydrogen) atoms. The number of rotatable bonds is 8. The van der Waals surface area contributed by atoms with E-state index in [2.05, 4.69) is 11.6 Å². The second kappa shape index (κ2) is 7.64. The molecule has 0 saturated carbocycles. The molecule has 0 bridgehead atoms. The maximum absolute atomic E-state index is 12.2. The van der Waals surface area contributed by atoms with E-state index in [-0.39, 0.29) is 10.9 Å². The lowest BCUT2D eigenvalue weighted by Crippen LogP contribution is -2.32.